The van der Waals surface area contributed by atoms with Crippen molar-refractivity contribution in [2.24, 2.45) is 4.99 Å². The predicted octanol–water partition coefficient (Wildman–Crippen LogP) is 2.81. The summed E-state index contributed by atoms with van der Waals surface area (Å²) in [5, 5.41) is 10.9. The number of aryl methyl sites for hydroxylation is 2. The number of aliphatic imine (C=N–C) groups is 1. The lowest BCUT2D eigenvalue weighted by molar-refractivity contribution is 0.300. The second-order valence-electron chi connectivity index (χ2n) is 5.47. The third-order valence-electron chi connectivity index (χ3n) is 4.10. The van der Waals surface area contributed by atoms with E-state index in [0.717, 1.165) is 62.9 Å². The van der Waals surface area contributed by atoms with Crippen LogP contribution < -0.4 is 10.6 Å². The fourth-order valence-electron chi connectivity index (χ4n) is 2.58. The number of hydrogen-bond acceptors (Lipinski definition) is 4. The van der Waals surface area contributed by atoms with Gasteiger partial charge in [-0.25, -0.2) is 0 Å². The zero-order valence-electron chi connectivity index (χ0n) is 15.8. The molecule has 6 nitrogen and oxygen atoms in total. The number of halogens is 1. The van der Waals surface area contributed by atoms with Crippen molar-refractivity contribution in [3.8, 4) is 0 Å². The molecule has 0 saturated carbocycles. The third-order valence-corrected chi connectivity index (χ3v) is 4.10. The Labute approximate surface area is 163 Å². The van der Waals surface area contributed by atoms with Gasteiger partial charge in [-0.2, -0.15) is 0 Å². The molecule has 7 heteroatoms. The van der Waals surface area contributed by atoms with Crippen LogP contribution in [0.2, 0.25) is 0 Å². The first-order chi connectivity index (χ1) is 11.2. The van der Waals surface area contributed by atoms with Crippen molar-refractivity contribution >= 4 is 29.9 Å². The third kappa shape index (κ3) is 7.38. The van der Waals surface area contributed by atoms with Gasteiger partial charge in [-0.15, -0.1) is 24.0 Å². The van der Waals surface area contributed by atoms with E-state index in [9.17, 15) is 0 Å². The van der Waals surface area contributed by atoms with Gasteiger partial charge >= 0.3 is 0 Å². The van der Waals surface area contributed by atoms with Crippen molar-refractivity contribution in [1.29, 1.82) is 0 Å². The summed E-state index contributed by atoms with van der Waals surface area (Å²) >= 11 is 0. The Morgan fingerprint density at radius 2 is 1.83 bits per heavy atom. The van der Waals surface area contributed by atoms with Crippen LogP contribution in [0.5, 0.6) is 0 Å². The molecule has 140 valence electrons. The zero-order chi connectivity index (χ0) is 17.1. The summed E-state index contributed by atoms with van der Waals surface area (Å²) in [5.74, 6) is 1.79. The number of nitrogens with zero attached hydrogens (tertiary/aromatic N) is 3. The molecule has 0 fully saturated rings. The molecule has 0 aliphatic rings. The van der Waals surface area contributed by atoms with Crippen LogP contribution in [0.15, 0.2) is 9.52 Å². The lowest BCUT2D eigenvalue weighted by Crippen LogP contribution is -2.38. The van der Waals surface area contributed by atoms with Gasteiger partial charge in [0.25, 0.3) is 0 Å². The molecule has 1 aromatic rings. The molecule has 1 rings (SSSR count). The van der Waals surface area contributed by atoms with Crippen LogP contribution in [-0.2, 0) is 19.4 Å². The topological polar surface area (TPSA) is 65.7 Å². The molecule has 0 saturated heterocycles. The van der Waals surface area contributed by atoms with Gasteiger partial charge in [0, 0.05) is 32.1 Å². The monoisotopic (exact) mass is 451 g/mol. The van der Waals surface area contributed by atoms with Crippen molar-refractivity contribution in [2.45, 2.75) is 53.5 Å². The van der Waals surface area contributed by atoms with E-state index in [1.54, 1.807) is 7.05 Å². The number of guanidine groups is 1. The summed E-state index contributed by atoms with van der Waals surface area (Å²) < 4.78 is 5.40. The fraction of sp³-hybridized carbons (Fsp3) is 0.765. The Hall–Kier alpha value is -0.830. The minimum Gasteiger partial charge on any atom is -0.361 e. The molecule has 0 amide bonds. The van der Waals surface area contributed by atoms with Gasteiger partial charge in [0.15, 0.2) is 5.96 Å². The smallest absolute Gasteiger partial charge is 0.191 e. The van der Waals surface area contributed by atoms with Gasteiger partial charge in [0.05, 0.1) is 5.69 Å². The van der Waals surface area contributed by atoms with Crippen LogP contribution in [-0.4, -0.2) is 49.2 Å². The molecular weight excluding hydrogens is 417 g/mol. The molecule has 24 heavy (non-hydrogen) atoms. The largest absolute Gasteiger partial charge is 0.361 e. The number of nitrogens with one attached hydrogen (secondary N) is 2. The van der Waals surface area contributed by atoms with Crippen molar-refractivity contribution in [2.75, 3.05) is 33.2 Å². The van der Waals surface area contributed by atoms with Gasteiger partial charge in [0.2, 0.25) is 0 Å². The number of aromatic nitrogens is 1. The molecule has 2 N–H and O–H groups in total. The molecule has 0 aliphatic carbocycles. The minimum absolute atomic E-state index is 0. The van der Waals surface area contributed by atoms with E-state index in [0.29, 0.717) is 6.54 Å². The maximum absolute atomic E-state index is 5.40. The van der Waals surface area contributed by atoms with Crippen LogP contribution in [0, 0.1) is 0 Å². The molecule has 0 spiro atoms. The maximum atomic E-state index is 5.40. The van der Waals surface area contributed by atoms with Crippen LogP contribution in [0.1, 0.15) is 51.1 Å². The lowest BCUT2D eigenvalue weighted by Gasteiger charge is -2.18. The van der Waals surface area contributed by atoms with Gasteiger partial charge in [-0.3, -0.25) is 4.99 Å². The first-order valence-corrected chi connectivity index (χ1v) is 8.83. The Kier molecular flexibility index (Phi) is 13.0. The highest BCUT2D eigenvalue weighted by Crippen LogP contribution is 2.15. The molecule has 0 aromatic carbocycles. The van der Waals surface area contributed by atoms with E-state index in [-0.39, 0.29) is 24.0 Å². The van der Waals surface area contributed by atoms with Gasteiger partial charge in [-0.05, 0) is 32.5 Å². The highest BCUT2D eigenvalue weighted by Gasteiger charge is 2.13. The standard InChI is InChI=1S/C17H33N5O.HI/c1-6-15-14(16(7-2)23-21-15)13-20-17(18-5)19-11-10-12-22(8-3)9-4;/h6-13H2,1-5H3,(H2,18,19,20);1H. The second-order valence-corrected chi connectivity index (χ2v) is 5.47. The van der Waals surface area contributed by atoms with Crippen molar-refractivity contribution in [3.63, 3.8) is 0 Å². The summed E-state index contributed by atoms with van der Waals surface area (Å²) in [5.41, 5.74) is 2.20. The average Bonchev–Trinajstić information content (AvgIpc) is 2.99. The maximum Gasteiger partial charge on any atom is 0.191 e. The Morgan fingerprint density at radius 1 is 1.12 bits per heavy atom. The van der Waals surface area contributed by atoms with Crippen LogP contribution in [0.4, 0.5) is 0 Å². The summed E-state index contributed by atoms with van der Waals surface area (Å²) in [6.45, 7) is 13.5. The predicted molar refractivity (Wildman–Crippen MR) is 111 cm³/mol. The van der Waals surface area contributed by atoms with E-state index in [1.807, 2.05) is 0 Å². The van der Waals surface area contributed by atoms with Crippen molar-refractivity contribution < 1.29 is 4.52 Å². The Balaban J connectivity index is 0.00000529. The van der Waals surface area contributed by atoms with E-state index in [2.05, 4.69) is 53.4 Å². The quantitative estimate of drug-likeness (QED) is 0.248. The van der Waals surface area contributed by atoms with E-state index >= 15 is 0 Å². The molecule has 0 unspecified atom stereocenters. The van der Waals surface area contributed by atoms with Gasteiger partial charge < -0.3 is 20.1 Å². The molecule has 1 heterocycles. The highest BCUT2D eigenvalue weighted by atomic mass is 127. The summed E-state index contributed by atoms with van der Waals surface area (Å²) in [6, 6.07) is 0. The van der Waals surface area contributed by atoms with Crippen LogP contribution in [0.25, 0.3) is 0 Å². The van der Waals surface area contributed by atoms with Crippen molar-refractivity contribution in [1.82, 2.24) is 20.7 Å². The fourth-order valence-corrected chi connectivity index (χ4v) is 2.58. The first kappa shape index (κ1) is 23.2. The lowest BCUT2D eigenvalue weighted by atomic mass is 10.1. The second kappa shape index (κ2) is 13.5. The average molecular weight is 451 g/mol. The van der Waals surface area contributed by atoms with Crippen LogP contribution in [0.3, 0.4) is 0 Å². The molecule has 0 aliphatic heterocycles. The van der Waals surface area contributed by atoms with Crippen molar-refractivity contribution in [3.05, 3.63) is 17.0 Å². The van der Waals surface area contributed by atoms with E-state index in [1.165, 1.54) is 5.56 Å². The van der Waals surface area contributed by atoms with Gasteiger partial charge in [-0.1, -0.05) is 32.9 Å². The van der Waals surface area contributed by atoms with Gasteiger partial charge in [0.1, 0.15) is 5.76 Å². The number of hydrogen-bond donors (Lipinski definition) is 2. The Bertz CT molecular complexity index is 450. The minimum atomic E-state index is 0. The Morgan fingerprint density at radius 3 is 2.38 bits per heavy atom. The number of rotatable bonds is 10. The molecule has 0 bridgehead atoms. The first-order valence-electron chi connectivity index (χ1n) is 8.83. The molecular formula is C17H34IN5O. The highest BCUT2D eigenvalue weighted by molar-refractivity contribution is 14.0. The van der Waals surface area contributed by atoms with Crippen LogP contribution >= 0.6 is 24.0 Å². The molecule has 0 radical (unpaired) electrons. The molecule has 1 aromatic heterocycles. The molecule has 0 atom stereocenters. The SMILES string of the molecule is CCc1noc(CC)c1CNC(=NC)NCCCN(CC)CC.I. The zero-order valence-corrected chi connectivity index (χ0v) is 18.1. The van der Waals surface area contributed by atoms with E-state index < -0.39 is 0 Å². The summed E-state index contributed by atoms with van der Waals surface area (Å²) in [4.78, 5) is 6.71. The van der Waals surface area contributed by atoms with E-state index in [4.69, 9.17) is 4.52 Å². The summed E-state index contributed by atoms with van der Waals surface area (Å²) in [6.07, 6.45) is 2.85. The summed E-state index contributed by atoms with van der Waals surface area (Å²) in [7, 11) is 1.80. The normalized spacial score (nSPS) is 11.5.